The third-order valence-electron chi connectivity index (χ3n) is 2.82. The van der Waals surface area contributed by atoms with Crippen molar-refractivity contribution in [2.24, 2.45) is 5.73 Å². The number of hydrogen-bond acceptors (Lipinski definition) is 4. The lowest BCUT2D eigenvalue weighted by Crippen LogP contribution is -2.20. The fraction of sp³-hybridized carbons (Fsp3) is 0.545. The number of aromatic nitrogens is 1. The minimum absolute atomic E-state index is 0.138. The van der Waals surface area contributed by atoms with Crippen molar-refractivity contribution in [3.63, 3.8) is 0 Å². The molecule has 0 aliphatic heterocycles. The largest absolute Gasteiger partial charge is 0.481 e. The van der Waals surface area contributed by atoms with E-state index in [1.54, 1.807) is 7.11 Å². The second kappa shape index (κ2) is 3.38. The molecule has 1 heterocycles. The van der Waals surface area contributed by atoms with E-state index in [0.29, 0.717) is 5.88 Å². The van der Waals surface area contributed by atoms with Gasteiger partial charge in [0.25, 0.3) is 0 Å². The van der Waals surface area contributed by atoms with Crippen molar-refractivity contribution in [3.05, 3.63) is 17.7 Å². The van der Waals surface area contributed by atoms with E-state index >= 15 is 0 Å². The van der Waals surface area contributed by atoms with Gasteiger partial charge in [0.2, 0.25) is 5.88 Å². The summed E-state index contributed by atoms with van der Waals surface area (Å²) in [6, 6.07) is 3.97. The van der Waals surface area contributed by atoms with Crippen molar-refractivity contribution in [3.8, 4) is 5.88 Å². The van der Waals surface area contributed by atoms with Gasteiger partial charge in [-0.2, -0.15) is 4.98 Å². The van der Waals surface area contributed by atoms with Crippen LogP contribution >= 0.6 is 0 Å². The molecule has 0 atom stereocenters. The number of ether oxygens (including phenoxy) is 1. The summed E-state index contributed by atoms with van der Waals surface area (Å²) in [5.74, 6) is 1.52. The van der Waals surface area contributed by atoms with Crippen LogP contribution in [0.1, 0.15) is 18.4 Å². The number of anilines is 1. The average molecular weight is 207 g/mol. The smallest absolute Gasteiger partial charge is 0.215 e. The number of methoxy groups -OCH3 is 1. The van der Waals surface area contributed by atoms with Gasteiger partial charge in [0.15, 0.2) is 0 Å². The second-order valence-electron chi connectivity index (χ2n) is 4.31. The van der Waals surface area contributed by atoms with Crippen LogP contribution in [0, 0.1) is 0 Å². The molecule has 1 saturated carbocycles. The van der Waals surface area contributed by atoms with Gasteiger partial charge in [-0.15, -0.1) is 0 Å². The Balaban J connectivity index is 2.42. The number of hydrogen-bond donors (Lipinski definition) is 1. The van der Waals surface area contributed by atoms with E-state index in [9.17, 15) is 0 Å². The Morgan fingerprint density at radius 2 is 2.07 bits per heavy atom. The highest BCUT2D eigenvalue weighted by atomic mass is 16.5. The Morgan fingerprint density at radius 1 is 1.40 bits per heavy atom. The molecule has 2 rings (SSSR count). The topological polar surface area (TPSA) is 51.4 Å². The highest BCUT2D eigenvalue weighted by Crippen LogP contribution is 2.44. The van der Waals surface area contributed by atoms with Crippen LogP contribution in [0.25, 0.3) is 0 Å². The SMILES string of the molecule is COc1cc(C2(N)CC2)cc(N(C)C)n1. The summed E-state index contributed by atoms with van der Waals surface area (Å²) in [4.78, 5) is 6.30. The van der Waals surface area contributed by atoms with E-state index < -0.39 is 0 Å². The van der Waals surface area contributed by atoms with Gasteiger partial charge in [-0.3, -0.25) is 0 Å². The minimum atomic E-state index is -0.138. The lowest BCUT2D eigenvalue weighted by atomic mass is 10.1. The summed E-state index contributed by atoms with van der Waals surface area (Å²) in [5, 5.41) is 0. The Morgan fingerprint density at radius 3 is 2.53 bits per heavy atom. The zero-order chi connectivity index (χ0) is 11.1. The van der Waals surface area contributed by atoms with E-state index in [2.05, 4.69) is 4.98 Å². The van der Waals surface area contributed by atoms with E-state index in [1.807, 2.05) is 31.1 Å². The molecule has 0 radical (unpaired) electrons. The van der Waals surface area contributed by atoms with Gasteiger partial charge in [-0.05, 0) is 24.5 Å². The first-order chi connectivity index (χ1) is 7.05. The lowest BCUT2D eigenvalue weighted by Gasteiger charge is -2.16. The van der Waals surface area contributed by atoms with E-state index in [4.69, 9.17) is 10.5 Å². The quantitative estimate of drug-likeness (QED) is 0.806. The molecule has 2 N–H and O–H groups in total. The van der Waals surface area contributed by atoms with Crippen molar-refractivity contribution in [1.82, 2.24) is 4.98 Å². The van der Waals surface area contributed by atoms with Crippen LogP contribution < -0.4 is 15.4 Å². The maximum Gasteiger partial charge on any atom is 0.215 e. The summed E-state index contributed by atoms with van der Waals surface area (Å²) in [5.41, 5.74) is 7.14. The molecule has 15 heavy (non-hydrogen) atoms. The third-order valence-corrected chi connectivity index (χ3v) is 2.82. The van der Waals surface area contributed by atoms with Crippen LogP contribution in [-0.4, -0.2) is 26.2 Å². The summed E-state index contributed by atoms with van der Waals surface area (Å²) in [7, 11) is 5.55. The Hall–Kier alpha value is -1.29. The van der Waals surface area contributed by atoms with Gasteiger partial charge in [-0.25, -0.2) is 0 Å². The predicted octanol–water partition coefficient (Wildman–Crippen LogP) is 1.10. The van der Waals surface area contributed by atoms with E-state index in [-0.39, 0.29) is 5.54 Å². The van der Waals surface area contributed by atoms with E-state index in [0.717, 1.165) is 24.2 Å². The number of nitrogens with zero attached hydrogens (tertiary/aromatic N) is 2. The van der Waals surface area contributed by atoms with Gasteiger partial charge in [0, 0.05) is 25.7 Å². The summed E-state index contributed by atoms with van der Waals surface area (Å²) in [6.07, 6.45) is 2.10. The first kappa shape index (κ1) is 10.2. The summed E-state index contributed by atoms with van der Waals surface area (Å²) in [6.45, 7) is 0. The van der Waals surface area contributed by atoms with Crippen molar-refractivity contribution in [2.75, 3.05) is 26.1 Å². The molecular formula is C11H17N3O. The summed E-state index contributed by atoms with van der Waals surface area (Å²) >= 11 is 0. The van der Waals surface area contributed by atoms with Crippen LogP contribution in [-0.2, 0) is 5.54 Å². The molecule has 0 spiro atoms. The van der Waals surface area contributed by atoms with Crippen LogP contribution in [0.5, 0.6) is 5.88 Å². The van der Waals surface area contributed by atoms with Crippen LogP contribution in [0.4, 0.5) is 5.82 Å². The normalized spacial score (nSPS) is 17.3. The molecule has 0 aromatic carbocycles. The van der Waals surface area contributed by atoms with Gasteiger partial charge in [0.1, 0.15) is 5.82 Å². The minimum Gasteiger partial charge on any atom is -0.481 e. The molecule has 1 aromatic heterocycles. The maximum absolute atomic E-state index is 6.16. The number of nitrogens with two attached hydrogens (primary N) is 1. The molecule has 0 bridgehead atoms. The predicted molar refractivity (Wildman–Crippen MR) is 60.2 cm³/mol. The third kappa shape index (κ3) is 1.90. The maximum atomic E-state index is 6.16. The molecule has 0 saturated heterocycles. The molecule has 1 aliphatic carbocycles. The van der Waals surface area contributed by atoms with Crippen LogP contribution in [0.3, 0.4) is 0 Å². The van der Waals surface area contributed by atoms with Crippen LogP contribution in [0.15, 0.2) is 12.1 Å². The first-order valence-electron chi connectivity index (χ1n) is 5.08. The van der Waals surface area contributed by atoms with Crippen molar-refractivity contribution < 1.29 is 4.74 Å². The Kier molecular flexibility index (Phi) is 2.31. The molecule has 1 fully saturated rings. The van der Waals surface area contributed by atoms with Gasteiger partial charge < -0.3 is 15.4 Å². The first-order valence-corrected chi connectivity index (χ1v) is 5.08. The highest BCUT2D eigenvalue weighted by Gasteiger charge is 2.40. The molecular weight excluding hydrogens is 190 g/mol. The molecule has 4 nitrogen and oxygen atoms in total. The van der Waals surface area contributed by atoms with E-state index in [1.165, 1.54) is 0 Å². The summed E-state index contributed by atoms with van der Waals surface area (Å²) < 4.78 is 5.18. The average Bonchev–Trinajstić information content (AvgIpc) is 2.97. The molecule has 4 heteroatoms. The van der Waals surface area contributed by atoms with Gasteiger partial charge in [0.05, 0.1) is 7.11 Å². The highest BCUT2D eigenvalue weighted by molar-refractivity contribution is 5.46. The van der Waals surface area contributed by atoms with Crippen LogP contribution in [0.2, 0.25) is 0 Å². The molecule has 0 unspecified atom stereocenters. The lowest BCUT2D eigenvalue weighted by molar-refractivity contribution is 0.397. The van der Waals surface area contributed by atoms with Gasteiger partial charge >= 0.3 is 0 Å². The molecule has 1 aromatic rings. The van der Waals surface area contributed by atoms with Crippen molar-refractivity contribution >= 4 is 5.82 Å². The second-order valence-corrected chi connectivity index (χ2v) is 4.31. The zero-order valence-corrected chi connectivity index (χ0v) is 9.45. The van der Waals surface area contributed by atoms with Gasteiger partial charge in [-0.1, -0.05) is 0 Å². The Labute approximate surface area is 90.0 Å². The molecule has 0 amide bonds. The Bertz CT molecular complexity index is 372. The number of rotatable bonds is 3. The molecule has 82 valence electrons. The molecule has 1 aliphatic rings. The fourth-order valence-corrected chi connectivity index (χ4v) is 1.54. The fourth-order valence-electron chi connectivity index (χ4n) is 1.54. The van der Waals surface area contributed by atoms with Crippen molar-refractivity contribution in [2.45, 2.75) is 18.4 Å². The van der Waals surface area contributed by atoms with Crippen molar-refractivity contribution in [1.29, 1.82) is 0 Å². The number of pyridine rings is 1. The standard InChI is InChI=1S/C11H17N3O/c1-14(2)9-6-8(11(12)4-5-11)7-10(13-9)15-3/h6-7H,4-5,12H2,1-3H3. The zero-order valence-electron chi connectivity index (χ0n) is 9.45. The monoisotopic (exact) mass is 207 g/mol.